The fourth-order valence-electron chi connectivity index (χ4n) is 0.951. The van der Waals surface area contributed by atoms with Crippen LogP contribution >= 0.6 is 0 Å². The number of esters is 1. The highest BCUT2D eigenvalue weighted by Crippen LogP contribution is 1.92. The average molecular weight is 260 g/mol. The quantitative estimate of drug-likeness (QED) is 0.548. The molecule has 0 aromatic heterocycles. The molecule has 0 unspecified atom stereocenters. The van der Waals surface area contributed by atoms with Crippen LogP contribution in [0.2, 0.25) is 0 Å². The fraction of sp³-hybridized carbons (Fsp3) is 0.667. The summed E-state index contributed by atoms with van der Waals surface area (Å²) in [7, 11) is 0. The van der Waals surface area contributed by atoms with E-state index >= 15 is 0 Å². The number of ether oxygens (including phenoxy) is 1. The molecule has 18 heavy (non-hydrogen) atoms. The van der Waals surface area contributed by atoms with Crippen molar-refractivity contribution in [3.8, 4) is 0 Å². The van der Waals surface area contributed by atoms with E-state index in [1.807, 2.05) is 6.92 Å². The zero-order valence-corrected chi connectivity index (χ0v) is 11.0. The predicted molar refractivity (Wildman–Crippen MR) is 64.1 cm³/mol. The Bertz CT molecular complexity index is 265. The van der Waals surface area contributed by atoms with Crippen molar-refractivity contribution in [1.29, 1.82) is 0 Å². The molecule has 0 aliphatic rings. The van der Waals surface area contributed by atoms with Crippen molar-refractivity contribution in [2.45, 2.75) is 46.5 Å². The summed E-state index contributed by atoms with van der Waals surface area (Å²) in [5.74, 6) is -1.82. The Balaban J connectivity index is 0. The minimum atomic E-state index is -1.03. The number of carboxylic acid groups (broad SMARTS) is 1. The van der Waals surface area contributed by atoms with Gasteiger partial charge in [0.05, 0.1) is 6.61 Å². The molecule has 0 saturated heterocycles. The maximum Gasteiger partial charge on any atom is 0.313 e. The second-order valence-electron chi connectivity index (χ2n) is 3.54. The highest BCUT2D eigenvalue weighted by atomic mass is 16.5. The van der Waals surface area contributed by atoms with Gasteiger partial charge in [-0.2, -0.15) is 0 Å². The van der Waals surface area contributed by atoms with Gasteiger partial charge in [0.1, 0.15) is 24.4 Å². The maximum absolute atomic E-state index is 10.5. The Morgan fingerprint density at radius 1 is 1.06 bits per heavy atom. The van der Waals surface area contributed by atoms with E-state index in [-0.39, 0.29) is 24.4 Å². The van der Waals surface area contributed by atoms with Crippen LogP contribution in [-0.4, -0.2) is 35.2 Å². The molecule has 0 aliphatic heterocycles. The molecule has 104 valence electrons. The lowest BCUT2D eigenvalue weighted by atomic mass is 10.2. The summed E-state index contributed by atoms with van der Waals surface area (Å²) in [6, 6.07) is 0. The molecule has 0 aliphatic carbocycles. The third-order valence-electron chi connectivity index (χ3n) is 1.58. The number of Topliss-reactive ketones (excluding diaryl/α,β-unsaturated/α-hetero) is 2. The summed E-state index contributed by atoms with van der Waals surface area (Å²) in [4.78, 5) is 41.0. The van der Waals surface area contributed by atoms with Crippen LogP contribution in [0, 0.1) is 0 Å². The third kappa shape index (κ3) is 16.7. The van der Waals surface area contributed by atoms with E-state index in [2.05, 4.69) is 4.74 Å². The van der Waals surface area contributed by atoms with Crippen LogP contribution in [0.15, 0.2) is 0 Å². The molecular weight excluding hydrogens is 240 g/mol. The van der Waals surface area contributed by atoms with Crippen LogP contribution in [0.4, 0.5) is 0 Å². The minimum Gasteiger partial charge on any atom is -0.481 e. The van der Waals surface area contributed by atoms with Gasteiger partial charge in [-0.25, -0.2) is 0 Å². The molecule has 0 radical (unpaired) electrons. The average Bonchev–Trinajstić information content (AvgIpc) is 2.16. The number of carbonyl (C=O) groups excluding carboxylic acids is 3. The zero-order valence-electron chi connectivity index (χ0n) is 11.0. The third-order valence-corrected chi connectivity index (χ3v) is 1.58. The number of aliphatic carboxylic acids is 1. The van der Waals surface area contributed by atoms with Gasteiger partial charge in [0.2, 0.25) is 0 Å². The van der Waals surface area contributed by atoms with Gasteiger partial charge in [-0.15, -0.1) is 0 Å². The van der Waals surface area contributed by atoms with Crippen LogP contribution in [-0.2, 0) is 23.9 Å². The van der Waals surface area contributed by atoms with Gasteiger partial charge in [0.15, 0.2) is 0 Å². The second kappa shape index (κ2) is 11.8. The molecule has 0 aromatic rings. The number of ketones is 2. The monoisotopic (exact) mass is 260 g/mol. The van der Waals surface area contributed by atoms with Crippen molar-refractivity contribution in [3.05, 3.63) is 0 Å². The van der Waals surface area contributed by atoms with Crippen LogP contribution < -0.4 is 0 Å². The lowest BCUT2D eigenvalue weighted by Gasteiger charge is -1.96. The maximum atomic E-state index is 10.5. The van der Waals surface area contributed by atoms with Gasteiger partial charge in [-0.3, -0.25) is 19.2 Å². The van der Waals surface area contributed by atoms with Crippen LogP contribution in [0.3, 0.4) is 0 Å². The molecule has 0 fully saturated rings. The number of rotatable bonds is 7. The van der Waals surface area contributed by atoms with Crippen molar-refractivity contribution < 1.29 is 29.0 Å². The molecular formula is C12H20O6. The summed E-state index contributed by atoms with van der Waals surface area (Å²) in [5.41, 5.74) is 0. The molecule has 0 spiro atoms. The van der Waals surface area contributed by atoms with Gasteiger partial charge >= 0.3 is 11.9 Å². The minimum absolute atomic E-state index is 0.103. The van der Waals surface area contributed by atoms with Gasteiger partial charge in [0.25, 0.3) is 0 Å². The van der Waals surface area contributed by atoms with E-state index in [1.54, 1.807) is 6.92 Å². The normalized spacial score (nSPS) is 8.83. The smallest absolute Gasteiger partial charge is 0.313 e. The van der Waals surface area contributed by atoms with Crippen LogP contribution in [0.25, 0.3) is 0 Å². The van der Waals surface area contributed by atoms with Gasteiger partial charge in [-0.05, 0) is 20.3 Å². The molecule has 0 bridgehead atoms. The number of hydrogen-bond acceptors (Lipinski definition) is 5. The van der Waals surface area contributed by atoms with Crippen molar-refractivity contribution >= 4 is 23.5 Å². The lowest BCUT2D eigenvalue weighted by molar-refractivity contribution is -0.145. The number of carboxylic acids is 1. The van der Waals surface area contributed by atoms with Gasteiger partial charge < -0.3 is 9.84 Å². The molecule has 0 amide bonds. The standard InChI is InChI=1S/2C6H10O3/c1-3-9-6(8)4-5(2)7;1-2-3-5(7)4-6(8)9/h3-4H2,1-2H3;2-4H2,1H3,(H,8,9). The van der Waals surface area contributed by atoms with E-state index < -0.39 is 11.9 Å². The van der Waals surface area contributed by atoms with Crippen LogP contribution in [0.5, 0.6) is 0 Å². The summed E-state index contributed by atoms with van der Waals surface area (Å²) < 4.78 is 4.49. The largest absolute Gasteiger partial charge is 0.481 e. The Morgan fingerprint density at radius 3 is 1.94 bits per heavy atom. The molecule has 0 saturated carbocycles. The topological polar surface area (TPSA) is 97.7 Å². The van der Waals surface area contributed by atoms with E-state index in [9.17, 15) is 19.2 Å². The Hall–Kier alpha value is -1.72. The first-order chi connectivity index (χ1) is 8.33. The summed E-state index contributed by atoms with van der Waals surface area (Å²) in [5, 5.41) is 8.09. The van der Waals surface area contributed by atoms with Crippen LogP contribution in [0.1, 0.15) is 46.5 Å². The van der Waals surface area contributed by atoms with E-state index in [4.69, 9.17) is 5.11 Å². The summed E-state index contributed by atoms with van der Waals surface area (Å²) in [6.07, 6.45) is 0.681. The SMILES string of the molecule is CCCC(=O)CC(=O)O.CCOC(=O)CC(C)=O. The van der Waals surface area contributed by atoms with Gasteiger partial charge in [-0.1, -0.05) is 6.92 Å². The molecule has 0 rings (SSSR count). The zero-order chi connectivity index (χ0) is 14.6. The van der Waals surface area contributed by atoms with Crippen molar-refractivity contribution in [2.75, 3.05) is 6.61 Å². The fourth-order valence-corrected chi connectivity index (χ4v) is 0.951. The van der Waals surface area contributed by atoms with Crippen molar-refractivity contribution in [3.63, 3.8) is 0 Å². The van der Waals surface area contributed by atoms with Gasteiger partial charge in [0, 0.05) is 6.42 Å². The molecule has 6 nitrogen and oxygen atoms in total. The number of carbonyl (C=O) groups is 4. The van der Waals surface area contributed by atoms with E-state index in [1.165, 1.54) is 6.92 Å². The summed E-state index contributed by atoms with van der Waals surface area (Å²) >= 11 is 0. The first-order valence-corrected chi connectivity index (χ1v) is 5.71. The molecule has 1 N–H and O–H groups in total. The molecule has 0 atom stereocenters. The Kier molecular flexibility index (Phi) is 12.2. The van der Waals surface area contributed by atoms with Crippen molar-refractivity contribution in [1.82, 2.24) is 0 Å². The highest BCUT2D eigenvalue weighted by Gasteiger charge is 2.04. The second-order valence-corrected chi connectivity index (χ2v) is 3.54. The number of hydrogen-bond donors (Lipinski definition) is 1. The Labute approximate surface area is 106 Å². The highest BCUT2D eigenvalue weighted by molar-refractivity contribution is 5.94. The van der Waals surface area contributed by atoms with E-state index in [0.717, 1.165) is 6.42 Å². The lowest BCUT2D eigenvalue weighted by Crippen LogP contribution is -2.07. The first kappa shape index (κ1) is 18.6. The van der Waals surface area contributed by atoms with Crippen molar-refractivity contribution in [2.24, 2.45) is 0 Å². The molecule has 0 heterocycles. The first-order valence-electron chi connectivity index (χ1n) is 5.71. The summed E-state index contributed by atoms with van der Waals surface area (Å²) in [6.45, 7) is 5.25. The molecule has 6 heteroatoms. The Morgan fingerprint density at radius 2 is 1.61 bits per heavy atom. The molecule has 0 aromatic carbocycles. The predicted octanol–water partition coefficient (Wildman–Crippen LogP) is 1.36. The van der Waals surface area contributed by atoms with E-state index in [0.29, 0.717) is 13.0 Å².